The molecule has 61 valence electrons. The van der Waals surface area contributed by atoms with Crippen LogP contribution in [0.1, 0.15) is 20.3 Å². The minimum Gasteiger partial charge on any atom is -0.550 e. The quantitative estimate of drug-likeness (QED) is 0.414. The summed E-state index contributed by atoms with van der Waals surface area (Å²) in [6, 6.07) is 0. The van der Waals surface area contributed by atoms with Gasteiger partial charge in [0.1, 0.15) is 0 Å². The third-order valence-electron chi connectivity index (χ3n) is 0.867. The molecular formula is C8H10MnO2. The van der Waals surface area contributed by atoms with Crippen LogP contribution in [0.25, 0.3) is 0 Å². The number of aliphatic carboxylic acids is 1. The zero-order chi connectivity index (χ0) is 7.98. The molecule has 0 unspecified atom stereocenters. The van der Waals surface area contributed by atoms with Gasteiger partial charge in [0.05, 0.1) is 0 Å². The molecule has 1 rings (SSSR count). The van der Waals surface area contributed by atoms with Crippen LogP contribution in [-0.2, 0) is 21.9 Å². The zero-order valence-electron chi connectivity index (χ0n) is 6.56. The Hall–Kier alpha value is -0.531. The summed E-state index contributed by atoms with van der Waals surface area (Å²) in [7, 11) is 0. The van der Waals surface area contributed by atoms with Crippen molar-refractivity contribution in [3.63, 3.8) is 0 Å². The number of carbonyl (C=O) groups excluding carboxylic acids is 1. The van der Waals surface area contributed by atoms with Crippen LogP contribution in [0.3, 0.4) is 0 Å². The van der Waals surface area contributed by atoms with Crippen LogP contribution < -0.4 is 5.11 Å². The standard InChI is InChI=1S/C6H7.C2H4O2.Mn/c1-6-4-2-3-5-6;1-2(3)4;/h2,4H,3H2,1H3;1H3,(H,3,4);/q-1;;+2/p-1. The predicted molar refractivity (Wildman–Crippen MR) is 36.9 cm³/mol. The van der Waals surface area contributed by atoms with Crippen molar-refractivity contribution in [2.24, 2.45) is 0 Å². The summed E-state index contributed by atoms with van der Waals surface area (Å²) in [6.45, 7) is 3.03. The third-order valence-corrected chi connectivity index (χ3v) is 0.867. The van der Waals surface area contributed by atoms with Crippen molar-refractivity contribution in [2.75, 3.05) is 0 Å². The second kappa shape index (κ2) is 7.58. The molecule has 1 aliphatic carbocycles. The molecule has 1 radical (unpaired) electrons. The molecule has 0 spiro atoms. The summed E-state index contributed by atoms with van der Waals surface area (Å²) >= 11 is 0. The number of carboxylic acid groups (broad SMARTS) is 1. The van der Waals surface area contributed by atoms with Crippen molar-refractivity contribution >= 4 is 5.97 Å². The smallest absolute Gasteiger partial charge is 0.550 e. The number of hydrogen-bond acceptors (Lipinski definition) is 2. The van der Waals surface area contributed by atoms with Crippen molar-refractivity contribution in [1.29, 1.82) is 0 Å². The van der Waals surface area contributed by atoms with Gasteiger partial charge in [0.25, 0.3) is 0 Å². The van der Waals surface area contributed by atoms with E-state index in [0.717, 1.165) is 13.3 Å². The molecule has 0 aromatic heterocycles. The largest absolute Gasteiger partial charge is 2.00 e. The molecule has 0 saturated heterocycles. The first-order valence-electron chi connectivity index (χ1n) is 3.04. The first kappa shape index (κ1) is 13.1. The monoisotopic (exact) mass is 193 g/mol. The molecule has 0 atom stereocenters. The van der Waals surface area contributed by atoms with Crippen molar-refractivity contribution in [2.45, 2.75) is 20.3 Å². The Kier molecular flexibility index (Phi) is 9.01. The number of allylic oxidation sites excluding steroid dienone is 4. The summed E-state index contributed by atoms with van der Waals surface area (Å²) < 4.78 is 0. The first-order chi connectivity index (χ1) is 4.63. The SMILES string of the molecule is CC(=O)[O-].CC1=[C-]CC=C1.[Mn+2]. The van der Waals surface area contributed by atoms with Crippen LogP contribution >= 0.6 is 0 Å². The fraction of sp³-hybridized carbons (Fsp3) is 0.375. The molecule has 11 heavy (non-hydrogen) atoms. The Bertz CT molecular complexity index is 164. The van der Waals surface area contributed by atoms with Gasteiger partial charge < -0.3 is 9.90 Å². The van der Waals surface area contributed by atoms with Crippen LogP contribution in [-0.4, -0.2) is 5.97 Å². The summed E-state index contributed by atoms with van der Waals surface area (Å²) in [6.07, 6.45) is 8.33. The van der Waals surface area contributed by atoms with E-state index in [1.165, 1.54) is 5.57 Å². The van der Waals surface area contributed by atoms with Gasteiger partial charge in [-0.05, 0) is 6.92 Å². The van der Waals surface area contributed by atoms with Gasteiger partial charge in [0, 0.05) is 5.97 Å². The van der Waals surface area contributed by atoms with Crippen LogP contribution in [0.2, 0.25) is 0 Å². The van der Waals surface area contributed by atoms with E-state index in [0.29, 0.717) is 0 Å². The molecule has 0 heterocycles. The van der Waals surface area contributed by atoms with Gasteiger partial charge >= 0.3 is 17.1 Å². The molecule has 0 aromatic carbocycles. The average Bonchev–Trinajstić information content (AvgIpc) is 2.15. The van der Waals surface area contributed by atoms with E-state index in [1.54, 1.807) is 0 Å². The van der Waals surface area contributed by atoms with Gasteiger partial charge in [-0.2, -0.15) is 6.08 Å². The Balaban J connectivity index is 0. The van der Waals surface area contributed by atoms with Crippen LogP contribution in [0.4, 0.5) is 0 Å². The van der Waals surface area contributed by atoms with Crippen molar-refractivity contribution in [1.82, 2.24) is 0 Å². The maximum Gasteiger partial charge on any atom is 2.00 e. The summed E-state index contributed by atoms with van der Waals surface area (Å²) in [5.74, 6) is -1.08. The van der Waals surface area contributed by atoms with E-state index in [9.17, 15) is 0 Å². The molecule has 0 N–H and O–H groups in total. The van der Waals surface area contributed by atoms with Gasteiger partial charge in [-0.1, -0.05) is 6.92 Å². The molecule has 0 aromatic rings. The second-order valence-corrected chi connectivity index (χ2v) is 1.96. The molecule has 3 heteroatoms. The van der Waals surface area contributed by atoms with E-state index in [4.69, 9.17) is 9.90 Å². The first-order valence-corrected chi connectivity index (χ1v) is 3.04. The molecule has 0 amide bonds. The van der Waals surface area contributed by atoms with Crippen molar-refractivity contribution in [3.8, 4) is 0 Å². The minimum absolute atomic E-state index is 0. The average molecular weight is 193 g/mol. The molecule has 0 aliphatic heterocycles. The molecule has 1 aliphatic rings. The maximum atomic E-state index is 8.89. The number of carbonyl (C=O) groups is 1. The Morgan fingerprint density at radius 1 is 1.73 bits per heavy atom. The van der Waals surface area contributed by atoms with Crippen LogP contribution in [0, 0.1) is 6.08 Å². The summed E-state index contributed by atoms with van der Waals surface area (Å²) in [4.78, 5) is 8.89. The molecule has 0 saturated carbocycles. The van der Waals surface area contributed by atoms with E-state index in [2.05, 4.69) is 25.2 Å². The van der Waals surface area contributed by atoms with Crippen molar-refractivity contribution in [3.05, 3.63) is 23.8 Å². The van der Waals surface area contributed by atoms with E-state index < -0.39 is 5.97 Å². The van der Waals surface area contributed by atoms with Crippen molar-refractivity contribution < 1.29 is 27.0 Å². The second-order valence-electron chi connectivity index (χ2n) is 1.96. The molecule has 0 bridgehead atoms. The van der Waals surface area contributed by atoms with Crippen LogP contribution in [0.5, 0.6) is 0 Å². The zero-order valence-corrected chi connectivity index (χ0v) is 7.74. The molecule has 2 nitrogen and oxygen atoms in total. The van der Waals surface area contributed by atoms with Gasteiger partial charge in [-0.25, -0.2) is 11.6 Å². The number of carboxylic acids is 1. The van der Waals surface area contributed by atoms with Crippen LogP contribution in [0.15, 0.2) is 17.7 Å². The maximum absolute atomic E-state index is 8.89. The van der Waals surface area contributed by atoms with E-state index in [-0.39, 0.29) is 17.1 Å². The van der Waals surface area contributed by atoms with E-state index >= 15 is 0 Å². The van der Waals surface area contributed by atoms with Gasteiger partial charge in [0.15, 0.2) is 0 Å². The summed E-state index contributed by atoms with van der Waals surface area (Å²) in [5.41, 5.74) is 1.27. The normalized spacial score (nSPS) is 12.4. The fourth-order valence-electron chi connectivity index (χ4n) is 0.515. The molecule has 0 fully saturated rings. The Morgan fingerprint density at radius 3 is 2.27 bits per heavy atom. The van der Waals surface area contributed by atoms with E-state index in [1.807, 2.05) is 0 Å². The fourth-order valence-corrected chi connectivity index (χ4v) is 0.515. The Labute approximate surface area is 77.5 Å². The Morgan fingerprint density at radius 2 is 2.18 bits per heavy atom. The third kappa shape index (κ3) is 12.6. The molecular weight excluding hydrogens is 183 g/mol. The predicted octanol–water partition coefficient (Wildman–Crippen LogP) is 0.449. The van der Waals surface area contributed by atoms with Gasteiger partial charge in [-0.3, -0.25) is 6.08 Å². The minimum atomic E-state index is -1.08. The van der Waals surface area contributed by atoms with Gasteiger partial charge in [0.2, 0.25) is 0 Å². The van der Waals surface area contributed by atoms with Gasteiger partial charge in [-0.15, -0.1) is 6.42 Å². The number of hydrogen-bond donors (Lipinski definition) is 0. The summed E-state index contributed by atoms with van der Waals surface area (Å²) in [5, 5.41) is 8.89. The number of rotatable bonds is 0. The topological polar surface area (TPSA) is 40.1 Å².